The van der Waals surface area contributed by atoms with Crippen molar-refractivity contribution in [2.24, 2.45) is 0 Å². The number of carbonyl (C=O) groups is 3. The highest BCUT2D eigenvalue weighted by molar-refractivity contribution is 9.10. The molecule has 33 heavy (non-hydrogen) atoms. The first-order chi connectivity index (χ1) is 15.2. The third kappa shape index (κ3) is 13.4. The standard InChI is InChI=1S/C11H10BrNO3.C8H7ClO2.C2H5O3P/c1-7-6-8(12)2-3-9(7)13-10(14)4-5-11(15)16;1-5-3-2-4-6(9)7(5)8(10)11;1-2-6(3,4)5/h2-6H,1H3,(H,13,14)(H,15,16);2-4H,1H3,(H,10,11);2H,1H2,(H2,3,4,5)/b5-4-;;. The zero-order chi connectivity index (χ0) is 25.8. The molecule has 2 rings (SSSR count). The second-order valence-corrected chi connectivity index (χ2v) is 8.99. The van der Waals surface area contributed by atoms with Gasteiger partial charge in [0.05, 0.1) is 10.6 Å². The minimum Gasteiger partial charge on any atom is -0.478 e. The first-order valence-corrected chi connectivity index (χ1v) is 11.7. The molecule has 12 heteroatoms. The van der Waals surface area contributed by atoms with Crippen LogP contribution in [0.25, 0.3) is 0 Å². The second kappa shape index (κ2) is 14.4. The number of carboxylic acids is 2. The molecule has 0 unspecified atom stereocenters. The van der Waals surface area contributed by atoms with E-state index in [-0.39, 0.29) is 10.6 Å². The number of amides is 1. The van der Waals surface area contributed by atoms with Crippen molar-refractivity contribution in [3.8, 4) is 0 Å². The molecule has 0 saturated heterocycles. The van der Waals surface area contributed by atoms with E-state index < -0.39 is 25.4 Å². The molecule has 0 saturated carbocycles. The fourth-order valence-electron chi connectivity index (χ4n) is 1.99. The van der Waals surface area contributed by atoms with Gasteiger partial charge in [0.2, 0.25) is 5.91 Å². The van der Waals surface area contributed by atoms with Crippen LogP contribution in [0.4, 0.5) is 5.69 Å². The number of carboxylic acid groups (broad SMARTS) is 2. The van der Waals surface area contributed by atoms with E-state index >= 15 is 0 Å². The summed E-state index contributed by atoms with van der Waals surface area (Å²) in [5, 5.41) is 19.9. The van der Waals surface area contributed by atoms with Gasteiger partial charge in [0.1, 0.15) is 0 Å². The molecule has 0 aliphatic carbocycles. The number of nitrogens with one attached hydrogen (secondary N) is 1. The number of rotatable bonds is 5. The highest BCUT2D eigenvalue weighted by Gasteiger charge is 2.10. The Morgan fingerprint density at radius 3 is 2.03 bits per heavy atom. The smallest absolute Gasteiger partial charge is 0.348 e. The molecule has 0 aliphatic heterocycles. The minimum absolute atomic E-state index is 0.189. The first-order valence-electron chi connectivity index (χ1n) is 8.83. The van der Waals surface area contributed by atoms with Crippen molar-refractivity contribution in [2.45, 2.75) is 13.8 Å². The van der Waals surface area contributed by atoms with E-state index in [1.165, 1.54) is 0 Å². The summed E-state index contributed by atoms with van der Waals surface area (Å²) >= 11 is 8.95. The Morgan fingerprint density at radius 1 is 1.06 bits per heavy atom. The molecule has 178 valence electrons. The summed E-state index contributed by atoms with van der Waals surface area (Å²) in [5.74, 6) is -1.99. The maximum atomic E-state index is 11.3. The Hall–Kier alpha value is -2.75. The minimum atomic E-state index is -3.88. The zero-order valence-electron chi connectivity index (χ0n) is 17.5. The number of anilines is 1. The Labute approximate surface area is 203 Å². The molecule has 0 radical (unpaired) electrons. The van der Waals surface area contributed by atoms with Gasteiger partial charge in [-0.25, -0.2) is 9.59 Å². The SMILES string of the molecule is C=CP(=O)(O)O.Cc1cc(Br)ccc1NC(=O)/C=C\C(=O)O.Cc1cccc(Cl)c1C(=O)O. The maximum absolute atomic E-state index is 11.3. The summed E-state index contributed by atoms with van der Waals surface area (Å²) in [6.45, 7) is 6.43. The monoisotopic (exact) mass is 561 g/mol. The largest absolute Gasteiger partial charge is 0.478 e. The van der Waals surface area contributed by atoms with Gasteiger partial charge in [0.25, 0.3) is 0 Å². The van der Waals surface area contributed by atoms with Gasteiger partial charge in [-0.1, -0.05) is 46.2 Å². The van der Waals surface area contributed by atoms with Crippen LogP contribution in [0, 0.1) is 13.8 Å². The van der Waals surface area contributed by atoms with E-state index in [0.29, 0.717) is 17.1 Å². The molecule has 0 atom stereocenters. The third-order valence-corrected chi connectivity index (χ3v) is 4.78. The van der Waals surface area contributed by atoms with Crippen LogP contribution in [0.2, 0.25) is 5.02 Å². The number of hydrogen-bond donors (Lipinski definition) is 5. The maximum Gasteiger partial charge on any atom is 0.348 e. The highest BCUT2D eigenvalue weighted by Crippen LogP contribution is 2.34. The molecule has 0 bridgehead atoms. The average molecular weight is 563 g/mol. The van der Waals surface area contributed by atoms with Gasteiger partial charge in [-0.15, -0.1) is 0 Å². The van der Waals surface area contributed by atoms with Gasteiger partial charge in [-0.05, 0) is 49.2 Å². The number of carbonyl (C=O) groups excluding carboxylic acids is 1. The molecule has 0 fully saturated rings. The van der Waals surface area contributed by atoms with Gasteiger partial charge in [0.15, 0.2) is 0 Å². The van der Waals surface area contributed by atoms with Gasteiger partial charge < -0.3 is 25.3 Å². The predicted molar refractivity (Wildman–Crippen MR) is 130 cm³/mol. The third-order valence-electron chi connectivity index (χ3n) is 3.50. The Kier molecular flexibility index (Phi) is 13.2. The average Bonchev–Trinajstić information content (AvgIpc) is 2.68. The number of halogens is 2. The molecule has 2 aromatic carbocycles. The van der Waals surface area contributed by atoms with Gasteiger partial charge in [-0.2, -0.15) is 0 Å². The van der Waals surface area contributed by atoms with Crippen LogP contribution in [-0.2, 0) is 14.2 Å². The quantitative estimate of drug-likeness (QED) is 0.251. The number of aliphatic carboxylic acids is 1. The van der Waals surface area contributed by atoms with E-state index in [1.54, 1.807) is 37.3 Å². The summed E-state index contributed by atoms with van der Waals surface area (Å²) in [6.07, 6.45) is 1.77. The van der Waals surface area contributed by atoms with Crippen LogP contribution in [-0.4, -0.2) is 37.8 Å². The van der Waals surface area contributed by atoms with Crippen LogP contribution in [0.5, 0.6) is 0 Å². The van der Waals surface area contributed by atoms with Crippen LogP contribution in [0.1, 0.15) is 21.5 Å². The van der Waals surface area contributed by atoms with Gasteiger partial charge in [-0.3, -0.25) is 9.36 Å². The van der Waals surface area contributed by atoms with Crippen molar-refractivity contribution in [1.29, 1.82) is 0 Å². The van der Waals surface area contributed by atoms with Crippen molar-refractivity contribution >= 4 is 58.7 Å². The van der Waals surface area contributed by atoms with Crippen LogP contribution < -0.4 is 5.32 Å². The Balaban J connectivity index is 0.000000520. The highest BCUT2D eigenvalue weighted by atomic mass is 79.9. The summed E-state index contributed by atoms with van der Waals surface area (Å²) < 4.78 is 10.5. The van der Waals surface area contributed by atoms with E-state index in [1.807, 2.05) is 13.0 Å². The van der Waals surface area contributed by atoms with E-state index in [9.17, 15) is 18.9 Å². The molecule has 9 nitrogen and oxygen atoms in total. The fraction of sp³-hybridized carbons (Fsp3) is 0.0952. The topological polar surface area (TPSA) is 161 Å². The number of aryl methyl sites for hydroxylation is 2. The lowest BCUT2D eigenvalue weighted by molar-refractivity contribution is -0.131. The molecular weight excluding hydrogens is 541 g/mol. The molecule has 1 amide bonds. The summed E-state index contributed by atoms with van der Waals surface area (Å²) in [6, 6.07) is 10.4. The van der Waals surface area contributed by atoms with Gasteiger partial charge in [0, 0.05) is 28.1 Å². The van der Waals surface area contributed by atoms with Crippen molar-refractivity contribution in [3.05, 3.63) is 87.1 Å². The van der Waals surface area contributed by atoms with E-state index in [0.717, 1.165) is 22.2 Å². The number of benzene rings is 2. The molecule has 0 heterocycles. The summed E-state index contributed by atoms with van der Waals surface area (Å²) in [7, 11) is -3.88. The van der Waals surface area contributed by atoms with Crippen molar-refractivity contribution in [1.82, 2.24) is 0 Å². The molecular formula is C21H22BrClNO8P. The summed E-state index contributed by atoms with van der Waals surface area (Å²) in [4.78, 5) is 47.7. The van der Waals surface area contributed by atoms with Gasteiger partial charge >= 0.3 is 19.5 Å². The first kappa shape index (κ1) is 30.2. The van der Waals surface area contributed by atoms with E-state index in [4.69, 9.17) is 31.6 Å². The Bertz CT molecular complexity index is 1080. The van der Waals surface area contributed by atoms with Crippen molar-refractivity contribution in [2.75, 3.05) is 5.32 Å². The zero-order valence-corrected chi connectivity index (χ0v) is 20.8. The second-order valence-electron chi connectivity index (χ2n) is 6.13. The fourth-order valence-corrected chi connectivity index (χ4v) is 2.77. The normalized spacial score (nSPS) is 10.2. The van der Waals surface area contributed by atoms with Crippen molar-refractivity contribution in [3.63, 3.8) is 0 Å². The van der Waals surface area contributed by atoms with Crippen LogP contribution in [0.3, 0.4) is 0 Å². The lowest BCUT2D eigenvalue weighted by Gasteiger charge is -2.06. The molecule has 2 aromatic rings. The van der Waals surface area contributed by atoms with Crippen LogP contribution in [0.15, 0.2) is 65.4 Å². The molecule has 0 spiro atoms. The van der Waals surface area contributed by atoms with Crippen LogP contribution >= 0.6 is 35.1 Å². The molecule has 0 aromatic heterocycles. The lowest BCUT2D eigenvalue weighted by atomic mass is 10.1. The van der Waals surface area contributed by atoms with E-state index in [2.05, 4.69) is 27.8 Å². The summed E-state index contributed by atoms with van der Waals surface area (Å²) in [5.41, 5.74) is 2.42. The molecule has 0 aliphatic rings. The number of hydrogen-bond acceptors (Lipinski definition) is 4. The lowest BCUT2D eigenvalue weighted by Crippen LogP contribution is -2.09. The predicted octanol–water partition coefficient (Wildman–Crippen LogP) is 4.99. The Morgan fingerprint density at radius 2 is 1.64 bits per heavy atom. The number of aromatic carboxylic acids is 1. The molecule has 5 N–H and O–H groups in total. The van der Waals surface area contributed by atoms with Crippen molar-refractivity contribution < 1.29 is 38.9 Å².